The molecule has 4 nitrogen and oxygen atoms in total. The monoisotopic (exact) mass is 246 g/mol. The number of hydrogen-bond donors (Lipinski definition) is 0. The quantitative estimate of drug-likeness (QED) is 0.676. The van der Waals surface area contributed by atoms with Crippen LogP contribution in [0.15, 0.2) is 12.1 Å². The molecule has 0 saturated carbocycles. The van der Waals surface area contributed by atoms with E-state index in [0.717, 1.165) is 22.1 Å². The third-order valence-corrected chi connectivity index (χ3v) is 3.41. The molecule has 0 spiro atoms. The molecular weight excluding hydrogens is 230 g/mol. The van der Waals surface area contributed by atoms with Gasteiger partial charge in [-0.05, 0) is 24.8 Å². The smallest absolute Gasteiger partial charge is 0.405 e. The lowest BCUT2D eigenvalue weighted by Gasteiger charge is -2.14. The molecule has 6 heteroatoms. The van der Waals surface area contributed by atoms with E-state index in [-0.39, 0.29) is 14.2 Å². The first-order valence-electron chi connectivity index (χ1n) is 6.33. The van der Waals surface area contributed by atoms with E-state index in [2.05, 4.69) is 26.0 Å². The lowest BCUT2D eigenvalue weighted by Crippen LogP contribution is -2.40. The van der Waals surface area contributed by atoms with Gasteiger partial charge in [0, 0.05) is 0 Å². The summed E-state index contributed by atoms with van der Waals surface area (Å²) >= 11 is 0. The van der Waals surface area contributed by atoms with Gasteiger partial charge >= 0.3 is 14.2 Å². The zero-order valence-corrected chi connectivity index (χ0v) is 10.8. The van der Waals surface area contributed by atoms with E-state index in [0.29, 0.717) is 26.4 Å². The molecule has 0 amide bonds. The largest absolute Gasteiger partial charge is 0.494 e. The third kappa shape index (κ3) is 2.21. The van der Waals surface area contributed by atoms with Crippen molar-refractivity contribution in [2.75, 3.05) is 26.4 Å². The molecule has 0 atom stereocenters. The Bertz CT molecular complexity index is 398. The topological polar surface area (TPSA) is 36.9 Å². The second kappa shape index (κ2) is 5.05. The first-order valence-corrected chi connectivity index (χ1v) is 6.33. The van der Waals surface area contributed by atoms with Crippen molar-refractivity contribution in [2.45, 2.75) is 13.8 Å². The molecule has 0 bridgehead atoms. The summed E-state index contributed by atoms with van der Waals surface area (Å²) in [6.45, 7) is 6.80. The maximum Gasteiger partial charge on any atom is 0.494 e. The highest BCUT2D eigenvalue weighted by Gasteiger charge is 2.32. The summed E-state index contributed by atoms with van der Waals surface area (Å²) in [7, 11) is -0.439. The molecule has 0 aromatic heterocycles. The fourth-order valence-corrected chi connectivity index (χ4v) is 2.44. The van der Waals surface area contributed by atoms with Crippen LogP contribution in [0.1, 0.15) is 11.1 Å². The normalized spacial score (nSPS) is 19.9. The predicted octanol–water partition coefficient (Wildman–Crippen LogP) is -0.213. The van der Waals surface area contributed by atoms with Gasteiger partial charge in [0.05, 0.1) is 26.4 Å². The van der Waals surface area contributed by atoms with E-state index in [9.17, 15) is 0 Å². The van der Waals surface area contributed by atoms with Crippen LogP contribution in [0.3, 0.4) is 0 Å². The molecule has 0 N–H and O–H groups in total. The van der Waals surface area contributed by atoms with Crippen LogP contribution >= 0.6 is 0 Å². The zero-order valence-electron chi connectivity index (χ0n) is 10.8. The van der Waals surface area contributed by atoms with E-state index in [1.54, 1.807) is 0 Å². The van der Waals surface area contributed by atoms with Crippen molar-refractivity contribution in [2.24, 2.45) is 0 Å². The molecule has 0 aliphatic carbocycles. The Labute approximate surface area is 108 Å². The van der Waals surface area contributed by atoms with Crippen LogP contribution in [-0.2, 0) is 18.6 Å². The van der Waals surface area contributed by atoms with Crippen LogP contribution < -0.4 is 10.9 Å². The Morgan fingerprint density at radius 2 is 1.06 bits per heavy atom. The molecule has 0 unspecified atom stereocenters. The Morgan fingerprint density at radius 3 is 1.39 bits per heavy atom. The van der Waals surface area contributed by atoms with Crippen molar-refractivity contribution in [1.29, 1.82) is 0 Å². The number of benzene rings is 1. The minimum atomic E-state index is -0.219. The summed E-state index contributed by atoms with van der Waals surface area (Å²) in [4.78, 5) is 0. The van der Waals surface area contributed by atoms with Crippen molar-refractivity contribution >= 4 is 25.2 Å². The molecule has 2 fully saturated rings. The summed E-state index contributed by atoms with van der Waals surface area (Å²) in [6.07, 6.45) is 0. The second-order valence-corrected chi connectivity index (χ2v) is 4.71. The lowest BCUT2D eigenvalue weighted by molar-refractivity contribution is 0.365. The van der Waals surface area contributed by atoms with E-state index in [4.69, 9.17) is 18.6 Å². The summed E-state index contributed by atoms with van der Waals surface area (Å²) in [5.41, 5.74) is 4.52. The SMILES string of the molecule is Cc1cc(B2OCCO2)c(C)cc1B1OCCO1. The van der Waals surface area contributed by atoms with Crippen molar-refractivity contribution < 1.29 is 18.6 Å². The van der Waals surface area contributed by atoms with Gasteiger partial charge in [-0.25, -0.2) is 0 Å². The van der Waals surface area contributed by atoms with Gasteiger partial charge in [0.2, 0.25) is 0 Å². The average Bonchev–Trinajstić information content (AvgIpc) is 3.02. The van der Waals surface area contributed by atoms with Crippen molar-refractivity contribution in [3.05, 3.63) is 23.3 Å². The van der Waals surface area contributed by atoms with Crippen LogP contribution in [0.2, 0.25) is 0 Å². The minimum absolute atomic E-state index is 0.219. The van der Waals surface area contributed by atoms with Crippen LogP contribution in [-0.4, -0.2) is 40.7 Å². The van der Waals surface area contributed by atoms with E-state index < -0.39 is 0 Å². The van der Waals surface area contributed by atoms with Gasteiger partial charge in [0.25, 0.3) is 0 Å². The summed E-state index contributed by atoms with van der Waals surface area (Å²) in [6, 6.07) is 4.23. The average molecular weight is 246 g/mol. The van der Waals surface area contributed by atoms with Gasteiger partial charge in [-0.3, -0.25) is 0 Å². The molecule has 2 saturated heterocycles. The van der Waals surface area contributed by atoms with E-state index in [1.165, 1.54) is 0 Å². The van der Waals surface area contributed by atoms with Gasteiger partial charge in [0.1, 0.15) is 0 Å². The molecule has 1 aromatic carbocycles. The zero-order chi connectivity index (χ0) is 12.5. The molecule has 18 heavy (non-hydrogen) atoms. The summed E-state index contributed by atoms with van der Waals surface area (Å²) in [5.74, 6) is 0. The van der Waals surface area contributed by atoms with Crippen LogP contribution in [0.4, 0.5) is 0 Å². The molecule has 1 aromatic rings. The number of hydrogen-bond acceptors (Lipinski definition) is 4. The summed E-state index contributed by atoms with van der Waals surface area (Å²) < 4.78 is 22.2. The highest BCUT2D eigenvalue weighted by atomic mass is 16.6. The highest BCUT2D eigenvalue weighted by Crippen LogP contribution is 2.09. The fraction of sp³-hybridized carbons (Fsp3) is 0.500. The van der Waals surface area contributed by atoms with Gasteiger partial charge in [0.15, 0.2) is 0 Å². The van der Waals surface area contributed by atoms with Crippen LogP contribution in [0.5, 0.6) is 0 Å². The maximum absolute atomic E-state index is 5.56. The molecule has 94 valence electrons. The first-order chi connectivity index (χ1) is 8.75. The first kappa shape index (κ1) is 12.2. The molecule has 0 radical (unpaired) electrons. The van der Waals surface area contributed by atoms with E-state index >= 15 is 0 Å². The summed E-state index contributed by atoms with van der Waals surface area (Å²) in [5, 5.41) is 0. The highest BCUT2D eigenvalue weighted by molar-refractivity contribution is 6.64. The third-order valence-electron chi connectivity index (χ3n) is 3.41. The van der Waals surface area contributed by atoms with Crippen molar-refractivity contribution in [3.63, 3.8) is 0 Å². The van der Waals surface area contributed by atoms with Crippen LogP contribution in [0, 0.1) is 13.8 Å². The van der Waals surface area contributed by atoms with E-state index in [1.807, 2.05) is 0 Å². The van der Waals surface area contributed by atoms with Gasteiger partial charge in [-0.2, -0.15) is 0 Å². The Morgan fingerprint density at radius 1 is 0.722 bits per heavy atom. The maximum atomic E-state index is 5.56. The molecule has 2 aliphatic rings. The Hall–Kier alpha value is -0.810. The Balaban J connectivity index is 1.91. The molecular formula is C12H16B2O4. The lowest BCUT2D eigenvalue weighted by atomic mass is 9.69. The van der Waals surface area contributed by atoms with Crippen LogP contribution in [0.25, 0.3) is 0 Å². The van der Waals surface area contributed by atoms with Gasteiger partial charge in [-0.1, -0.05) is 23.3 Å². The predicted molar refractivity (Wildman–Crippen MR) is 70.5 cm³/mol. The Kier molecular flexibility index (Phi) is 3.43. The van der Waals surface area contributed by atoms with Gasteiger partial charge in [-0.15, -0.1) is 0 Å². The fourth-order valence-electron chi connectivity index (χ4n) is 2.44. The van der Waals surface area contributed by atoms with Crippen molar-refractivity contribution in [3.8, 4) is 0 Å². The molecule has 3 rings (SSSR count). The number of aryl methyl sites for hydroxylation is 2. The molecule has 2 aliphatic heterocycles. The minimum Gasteiger partial charge on any atom is -0.405 e. The second-order valence-electron chi connectivity index (χ2n) is 4.71. The van der Waals surface area contributed by atoms with Gasteiger partial charge < -0.3 is 18.6 Å². The van der Waals surface area contributed by atoms with Crippen molar-refractivity contribution in [1.82, 2.24) is 0 Å². The number of rotatable bonds is 2. The standard InChI is InChI=1S/C12H16B2O4/c1-9-7-12(14-17-5-6-18-14)10(2)8-11(9)13-15-3-4-16-13/h7-8H,3-6H2,1-2H3. The molecule has 2 heterocycles.